The third kappa shape index (κ3) is 3.51. The lowest BCUT2D eigenvalue weighted by atomic mass is 10.2. The van der Waals surface area contributed by atoms with Gasteiger partial charge in [0.1, 0.15) is 5.01 Å². The van der Waals surface area contributed by atoms with Gasteiger partial charge in [-0.15, -0.1) is 11.3 Å². The molecule has 1 aromatic carbocycles. The summed E-state index contributed by atoms with van der Waals surface area (Å²) in [5.41, 5.74) is 3.10. The van der Waals surface area contributed by atoms with Gasteiger partial charge in [-0.25, -0.2) is 4.98 Å². The minimum absolute atomic E-state index is 0.299. The van der Waals surface area contributed by atoms with Crippen molar-refractivity contribution in [3.63, 3.8) is 0 Å². The van der Waals surface area contributed by atoms with Gasteiger partial charge in [-0.3, -0.25) is 4.98 Å². The second-order valence-corrected chi connectivity index (χ2v) is 7.02. The monoisotopic (exact) mass is 352 g/mol. The maximum Gasteiger partial charge on any atom is 0.162 e. The summed E-state index contributed by atoms with van der Waals surface area (Å²) in [6, 6.07) is 10.00. The number of benzene rings is 1. The highest BCUT2D eigenvalue weighted by Gasteiger charge is 2.19. The molecule has 0 radical (unpaired) electrons. The van der Waals surface area contributed by atoms with Crippen molar-refractivity contribution in [2.75, 3.05) is 7.11 Å². The number of methoxy groups -OCH3 is 1. The molecule has 0 N–H and O–H groups in total. The van der Waals surface area contributed by atoms with Crippen LogP contribution < -0.4 is 9.47 Å². The molecule has 0 spiro atoms. The molecule has 0 aliphatic heterocycles. The predicted octanol–water partition coefficient (Wildman–Crippen LogP) is 5.20. The van der Waals surface area contributed by atoms with Crippen molar-refractivity contribution in [1.82, 2.24) is 9.97 Å². The Morgan fingerprint density at radius 1 is 1.00 bits per heavy atom. The minimum atomic E-state index is 0.299. The minimum Gasteiger partial charge on any atom is -0.493 e. The highest BCUT2D eigenvalue weighted by molar-refractivity contribution is 7.13. The number of thiazole rings is 1. The first-order valence-electron chi connectivity index (χ1n) is 8.54. The van der Waals surface area contributed by atoms with E-state index in [9.17, 15) is 0 Å². The molecule has 2 aromatic heterocycles. The van der Waals surface area contributed by atoms with Gasteiger partial charge >= 0.3 is 0 Å². The zero-order valence-electron chi connectivity index (χ0n) is 14.1. The van der Waals surface area contributed by atoms with E-state index in [-0.39, 0.29) is 0 Å². The molecule has 0 saturated heterocycles. The van der Waals surface area contributed by atoms with Crippen molar-refractivity contribution in [1.29, 1.82) is 0 Å². The summed E-state index contributed by atoms with van der Waals surface area (Å²) in [5.74, 6) is 1.59. The molecule has 5 heteroatoms. The lowest BCUT2D eigenvalue weighted by molar-refractivity contribution is 0.201. The second-order valence-electron chi connectivity index (χ2n) is 6.16. The molecule has 0 unspecified atom stereocenters. The largest absolute Gasteiger partial charge is 0.493 e. The fourth-order valence-corrected chi connectivity index (χ4v) is 3.98. The van der Waals surface area contributed by atoms with Crippen LogP contribution in [0.5, 0.6) is 11.5 Å². The van der Waals surface area contributed by atoms with E-state index in [2.05, 4.69) is 10.4 Å². The topological polar surface area (TPSA) is 44.2 Å². The number of hydrogen-bond donors (Lipinski definition) is 0. The number of aromatic nitrogens is 2. The molecule has 3 aromatic rings. The van der Waals surface area contributed by atoms with Crippen molar-refractivity contribution >= 4 is 11.3 Å². The molecule has 2 heterocycles. The normalized spacial score (nSPS) is 14.6. The Hall–Kier alpha value is -2.40. The van der Waals surface area contributed by atoms with E-state index >= 15 is 0 Å². The van der Waals surface area contributed by atoms with Crippen LogP contribution in [0.1, 0.15) is 25.7 Å². The number of ether oxygens (including phenoxy) is 2. The van der Waals surface area contributed by atoms with Crippen LogP contribution in [0.2, 0.25) is 0 Å². The van der Waals surface area contributed by atoms with Crippen LogP contribution in [-0.4, -0.2) is 23.2 Å². The van der Waals surface area contributed by atoms with Crippen molar-refractivity contribution in [2.24, 2.45) is 0 Å². The van der Waals surface area contributed by atoms with E-state index in [4.69, 9.17) is 14.5 Å². The van der Waals surface area contributed by atoms with Gasteiger partial charge in [0.25, 0.3) is 0 Å². The fourth-order valence-electron chi connectivity index (χ4n) is 3.15. The van der Waals surface area contributed by atoms with E-state index in [1.165, 1.54) is 12.8 Å². The summed E-state index contributed by atoms with van der Waals surface area (Å²) in [6.45, 7) is 0. The molecule has 0 atom stereocenters. The molecular formula is C20H20N2O2S. The summed E-state index contributed by atoms with van der Waals surface area (Å²) in [7, 11) is 1.68. The zero-order valence-corrected chi connectivity index (χ0v) is 15.0. The predicted molar refractivity (Wildman–Crippen MR) is 100 cm³/mol. The van der Waals surface area contributed by atoms with Crippen LogP contribution in [0, 0.1) is 0 Å². The van der Waals surface area contributed by atoms with Crippen molar-refractivity contribution in [2.45, 2.75) is 31.8 Å². The molecule has 4 rings (SSSR count). The Labute approximate surface area is 151 Å². The van der Waals surface area contributed by atoms with Crippen LogP contribution in [0.4, 0.5) is 0 Å². The molecule has 128 valence electrons. The summed E-state index contributed by atoms with van der Waals surface area (Å²) >= 11 is 1.63. The summed E-state index contributed by atoms with van der Waals surface area (Å²) in [6.07, 6.45) is 8.61. The third-order valence-corrected chi connectivity index (χ3v) is 5.38. The highest BCUT2D eigenvalue weighted by Crippen LogP contribution is 2.37. The lowest BCUT2D eigenvalue weighted by Crippen LogP contribution is -2.11. The van der Waals surface area contributed by atoms with E-state index in [1.54, 1.807) is 30.8 Å². The Morgan fingerprint density at radius 3 is 2.56 bits per heavy atom. The molecule has 0 bridgehead atoms. The van der Waals surface area contributed by atoms with Crippen LogP contribution in [-0.2, 0) is 0 Å². The summed E-state index contributed by atoms with van der Waals surface area (Å²) in [5, 5.41) is 3.05. The van der Waals surface area contributed by atoms with Gasteiger partial charge in [0.2, 0.25) is 0 Å². The average molecular weight is 352 g/mol. The summed E-state index contributed by atoms with van der Waals surface area (Å²) < 4.78 is 11.7. The van der Waals surface area contributed by atoms with Gasteiger partial charge in [-0.2, -0.15) is 0 Å². The first kappa shape index (κ1) is 16.1. The SMILES string of the molecule is COc1ccc(-c2nc(-c3ccncc3)cs2)cc1OC1CCCC1. The smallest absolute Gasteiger partial charge is 0.162 e. The summed E-state index contributed by atoms with van der Waals surface area (Å²) in [4.78, 5) is 8.83. The number of pyridine rings is 1. The van der Waals surface area contributed by atoms with Crippen molar-refractivity contribution in [3.05, 3.63) is 48.1 Å². The molecule has 25 heavy (non-hydrogen) atoms. The third-order valence-electron chi connectivity index (χ3n) is 4.49. The number of rotatable bonds is 5. The quantitative estimate of drug-likeness (QED) is 0.633. The standard InChI is InChI=1S/C20H20N2O2S/c1-23-18-7-6-15(12-19(18)24-16-4-2-3-5-16)20-22-17(13-25-20)14-8-10-21-11-9-14/h6-13,16H,2-5H2,1H3. The second kappa shape index (κ2) is 7.23. The lowest BCUT2D eigenvalue weighted by Gasteiger charge is -2.16. The molecule has 1 aliphatic rings. The van der Waals surface area contributed by atoms with Crippen LogP contribution >= 0.6 is 11.3 Å². The van der Waals surface area contributed by atoms with Gasteiger partial charge in [-0.1, -0.05) is 0 Å². The molecular weight excluding hydrogens is 332 g/mol. The van der Waals surface area contributed by atoms with Gasteiger partial charge in [-0.05, 0) is 56.0 Å². The maximum atomic E-state index is 6.19. The first-order chi connectivity index (χ1) is 12.3. The average Bonchev–Trinajstić information content (AvgIpc) is 3.34. The number of nitrogens with zero attached hydrogens (tertiary/aromatic N) is 2. The van der Waals surface area contributed by atoms with E-state index in [0.717, 1.165) is 46.2 Å². The molecule has 1 aliphatic carbocycles. The fraction of sp³-hybridized carbons (Fsp3) is 0.300. The Kier molecular flexibility index (Phi) is 4.65. The molecule has 1 fully saturated rings. The number of hydrogen-bond acceptors (Lipinski definition) is 5. The Morgan fingerprint density at radius 2 is 1.80 bits per heavy atom. The van der Waals surface area contributed by atoms with E-state index < -0.39 is 0 Å². The maximum absolute atomic E-state index is 6.19. The van der Waals surface area contributed by atoms with E-state index in [1.807, 2.05) is 30.3 Å². The van der Waals surface area contributed by atoms with Crippen LogP contribution in [0.3, 0.4) is 0 Å². The zero-order chi connectivity index (χ0) is 17.1. The molecule has 4 nitrogen and oxygen atoms in total. The van der Waals surface area contributed by atoms with E-state index in [0.29, 0.717) is 6.10 Å². The Bertz CT molecular complexity index is 842. The van der Waals surface area contributed by atoms with Crippen molar-refractivity contribution < 1.29 is 9.47 Å². The van der Waals surface area contributed by atoms with Gasteiger partial charge < -0.3 is 9.47 Å². The van der Waals surface area contributed by atoms with Gasteiger partial charge in [0.05, 0.1) is 18.9 Å². The highest BCUT2D eigenvalue weighted by atomic mass is 32.1. The first-order valence-corrected chi connectivity index (χ1v) is 9.42. The van der Waals surface area contributed by atoms with Gasteiger partial charge in [0, 0.05) is 28.9 Å². The Balaban J connectivity index is 1.63. The van der Waals surface area contributed by atoms with Crippen molar-refractivity contribution in [3.8, 4) is 33.3 Å². The molecule has 0 amide bonds. The van der Waals surface area contributed by atoms with Gasteiger partial charge in [0.15, 0.2) is 11.5 Å². The molecule has 1 saturated carbocycles. The van der Waals surface area contributed by atoms with Crippen LogP contribution in [0.15, 0.2) is 48.1 Å². The van der Waals surface area contributed by atoms with Crippen LogP contribution in [0.25, 0.3) is 21.8 Å².